The third kappa shape index (κ3) is 4.74. The molecule has 0 fully saturated rings. The van der Waals surface area contributed by atoms with Crippen LogP contribution in [-0.4, -0.2) is 21.2 Å². The minimum absolute atomic E-state index is 0.186. The lowest BCUT2D eigenvalue weighted by Crippen LogP contribution is -2.23. The molecule has 0 aliphatic carbocycles. The molecule has 0 radical (unpaired) electrons. The number of ether oxygens (including phenoxy) is 2. The summed E-state index contributed by atoms with van der Waals surface area (Å²) in [7, 11) is 0. The molecule has 0 saturated heterocycles. The fraction of sp³-hybridized carbons (Fsp3) is 0.0741. The highest BCUT2D eigenvalue weighted by atomic mass is 32.1. The van der Waals surface area contributed by atoms with Crippen LogP contribution in [0.2, 0.25) is 0 Å². The van der Waals surface area contributed by atoms with E-state index in [0.29, 0.717) is 28.5 Å². The van der Waals surface area contributed by atoms with Crippen molar-refractivity contribution < 1.29 is 9.47 Å². The van der Waals surface area contributed by atoms with Gasteiger partial charge in [0.1, 0.15) is 24.7 Å². The molecule has 5 aromatic rings. The topological polar surface area (TPSA) is 65.7 Å². The molecule has 0 bridgehead atoms. The molecule has 0 unspecified atom stereocenters. The van der Waals surface area contributed by atoms with Crippen LogP contribution in [0.4, 0.5) is 0 Å². The van der Waals surface area contributed by atoms with Crippen molar-refractivity contribution in [2.75, 3.05) is 6.61 Å². The van der Waals surface area contributed by atoms with Crippen LogP contribution in [-0.2, 0) is 6.61 Å². The smallest absolute Gasteiger partial charge is 0.291 e. The Labute approximate surface area is 200 Å². The fourth-order valence-corrected chi connectivity index (χ4v) is 4.27. The maximum absolute atomic E-state index is 12.9. The lowest BCUT2D eigenvalue weighted by atomic mass is 10.2. The summed E-state index contributed by atoms with van der Waals surface area (Å²) in [4.78, 5) is 18.0. The largest absolute Gasteiger partial charge is 0.490 e. The van der Waals surface area contributed by atoms with Gasteiger partial charge >= 0.3 is 0 Å². The van der Waals surface area contributed by atoms with Crippen molar-refractivity contribution in [1.82, 2.24) is 14.6 Å². The molecule has 2 heterocycles. The molecule has 0 spiro atoms. The van der Waals surface area contributed by atoms with Crippen LogP contribution >= 0.6 is 11.3 Å². The van der Waals surface area contributed by atoms with Gasteiger partial charge in [0, 0.05) is 5.56 Å². The van der Waals surface area contributed by atoms with Crippen molar-refractivity contribution in [2.24, 2.45) is 0 Å². The molecule has 2 aromatic heterocycles. The van der Waals surface area contributed by atoms with Crippen LogP contribution in [0.15, 0.2) is 96.3 Å². The maximum Gasteiger partial charge on any atom is 0.291 e. The second kappa shape index (κ2) is 9.72. The van der Waals surface area contributed by atoms with E-state index in [1.165, 1.54) is 15.9 Å². The molecule has 168 valence electrons. The first-order valence-corrected chi connectivity index (χ1v) is 11.5. The Bertz CT molecular complexity index is 1520. The molecule has 0 aliphatic rings. The van der Waals surface area contributed by atoms with Crippen LogP contribution in [0.3, 0.4) is 0 Å². The average molecular weight is 468 g/mol. The minimum atomic E-state index is -0.186. The van der Waals surface area contributed by atoms with Gasteiger partial charge in [0.15, 0.2) is 5.82 Å². The van der Waals surface area contributed by atoms with Gasteiger partial charge in [-0.05, 0) is 53.6 Å². The van der Waals surface area contributed by atoms with E-state index >= 15 is 0 Å². The molecule has 5 rings (SSSR count). The number of aromatic nitrogens is 3. The van der Waals surface area contributed by atoms with Crippen LogP contribution in [0.5, 0.6) is 11.5 Å². The summed E-state index contributed by atoms with van der Waals surface area (Å²) in [6.45, 7) is 4.59. The van der Waals surface area contributed by atoms with Crippen molar-refractivity contribution in [1.29, 1.82) is 0 Å². The summed E-state index contributed by atoms with van der Waals surface area (Å²) in [5.41, 5.74) is 2.65. The van der Waals surface area contributed by atoms with Crippen molar-refractivity contribution in [3.63, 3.8) is 0 Å². The highest BCUT2D eigenvalue weighted by molar-refractivity contribution is 7.15. The summed E-state index contributed by atoms with van der Waals surface area (Å²) in [5.74, 6) is 2.02. The molecule has 0 saturated carbocycles. The zero-order chi connectivity index (χ0) is 23.3. The van der Waals surface area contributed by atoms with E-state index in [1.54, 1.807) is 6.08 Å². The lowest BCUT2D eigenvalue weighted by molar-refractivity contribution is 0.306. The predicted molar refractivity (Wildman–Crippen MR) is 134 cm³/mol. The van der Waals surface area contributed by atoms with Gasteiger partial charge < -0.3 is 9.47 Å². The van der Waals surface area contributed by atoms with Crippen LogP contribution < -0.4 is 19.6 Å². The van der Waals surface area contributed by atoms with E-state index in [2.05, 4.69) is 16.7 Å². The number of thiazole rings is 1. The second-order valence-electron chi connectivity index (χ2n) is 7.51. The molecule has 0 amide bonds. The summed E-state index contributed by atoms with van der Waals surface area (Å²) in [5, 5.41) is 4.41. The quantitative estimate of drug-likeness (QED) is 0.314. The van der Waals surface area contributed by atoms with E-state index in [0.717, 1.165) is 28.2 Å². The van der Waals surface area contributed by atoms with Gasteiger partial charge in [0.2, 0.25) is 4.96 Å². The van der Waals surface area contributed by atoms with Gasteiger partial charge in [-0.2, -0.15) is 9.50 Å². The number of hydrogen-bond donors (Lipinski definition) is 0. The molecule has 0 N–H and O–H groups in total. The molecule has 7 heteroatoms. The molecule has 0 aliphatic heterocycles. The molecule has 6 nitrogen and oxygen atoms in total. The number of benzene rings is 3. The van der Waals surface area contributed by atoms with Crippen molar-refractivity contribution in [3.8, 4) is 22.9 Å². The monoisotopic (exact) mass is 467 g/mol. The Morgan fingerprint density at radius 3 is 2.32 bits per heavy atom. The van der Waals surface area contributed by atoms with Gasteiger partial charge in [0.05, 0.1) is 4.53 Å². The Kier molecular flexibility index (Phi) is 6.18. The number of nitrogens with zero attached hydrogens (tertiary/aromatic N) is 3. The second-order valence-corrected chi connectivity index (χ2v) is 8.52. The van der Waals surface area contributed by atoms with Crippen LogP contribution in [0.1, 0.15) is 11.1 Å². The van der Waals surface area contributed by atoms with Crippen LogP contribution in [0, 0.1) is 0 Å². The summed E-state index contributed by atoms with van der Waals surface area (Å²) in [6.07, 6.45) is 3.53. The predicted octanol–water partition coefficient (Wildman–Crippen LogP) is 4.51. The first-order chi connectivity index (χ1) is 16.7. The zero-order valence-electron chi connectivity index (χ0n) is 18.3. The minimum Gasteiger partial charge on any atom is -0.490 e. The van der Waals surface area contributed by atoms with E-state index < -0.39 is 0 Å². The average Bonchev–Trinajstić information content (AvgIpc) is 3.42. The molecule has 34 heavy (non-hydrogen) atoms. The van der Waals surface area contributed by atoms with E-state index in [9.17, 15) is 4.79 Å². The first kappa shape index (κ1) is 21.6. The third-order valence-electron chi connectivity index (χ3n) is 5.09. The Morgan fingerprint density at radius 2 is 1.62 bits per heavy atom. The Hall–Kier alpha value is -4.23. The molecule has 3 aromatic carbocycles. The summed E-state index contributed by atoms with van der Waals surface area (Å²) < 4.78 is 13.3. The third-order valence-corrected chi connectivity index (χ3v) is 6.05. The van der Waals surface area contributed by atoms with Gasteiger partial charge in [-0.25, -0.2) is 0 Å². The number of fused-ring (bicyclic) bond motifs is 1. The van der Waals surface area contributed by atoms with Crippen molar-refractivity contribution >= 4 is 22.4 Å². The van der Waals surface area contributed by atoms with Gasteiger partial charge in [-0.1, -0.05) is 66.5 Å². The highest BCUT2D eigenvalue weighted by Gasteiger charge is 2.12. The van der Waals surface area contributed by atoms with Crippen LogP contribution in [0.25, 0.3) is 22.4 Å². The zero-order valence-corrected chi connectivity index (χ0v) is 19.1. The van der Waals surface area contributed by atoms with Gasteiger partial charge in [0.25, 0.3) is 5.56 Å². The van der Waals surface area contributed by atoms with E-state index in [4.69, 9.17) is 9.47 Å². The molecular formula is C27H21N3O3S. The Morgan fingerprint density at radius 1 is 0.912 bits per heavy atom. The van der Waals surface area contributed by atoms with E-state index in [-0.39, 0.29) is 5.56 Å². The van der Waals surface area contributed by atoms with Gasteiger partial charge in [-0.15, -0.1) is 5.10 Å². The van der Waals surface area contributed by atoms with Gasteiger partial charge in [-0.3, -0.25) is 4.79 Å². The number of rotatable bonds is 8. The molecular weight excluding hydrogens is 446 g/mol. The lowest BCUT2D eigenvalue weighted by Gasteiger charge is -2.06. The first-order valence-electron chi connectivity index (χ1n) is 10.7. The Balaban J connectivity index is 1.32. The van der Waals surface area contributed by atoms with E-state index in [1.807, 2.05) is 84.9 Å². The number of hydrogen-bond acceptors (Lipinski definition) is 6. The van der Waals surface area contributed by atoms with Crippen molar-refractivity contribution in [3.05, 3.63) is 118 Å². The maximum atomic E-state index is 12.9. The highest BCUT2D eigenvalue weighted by Crippen LogP contribution is 2.20. The normalized spacial score (nSPS) is 11.6. The van der Waals surface area contributed by atoms with Crippen molar-refractivity contribution in [2.45, 2.75) is 6.61 Å². The summed E-state index contributed by atoms with van der Waals surface area (Å²) in [6, 6.07) is 25.1. The standard InChI is InChI=1S/C27H21N3O3S/c1-2-16-32-22-14-10-21(11-15-22)25-28-27-30(29-25)26(31)24(34-27)17-19-8-12-23(13-9-19)33-18-20-6-4-3-5-7-20/h2-15,17H,1,16,18H2. The molecule has 0 atom stereocenters. The SMILES string of the molecule is C=CCOc1ccc(-c2nc3sc(=Cc4ccc(OCc5ccccc5)cc4)c(=O)n3n2)cc1. The fourth-order valence-electron chi connectivity index (χ4n) is 3.36. The summed E-state index contributed by atoms with van der Waals surface area (Å²) >= 11 is 1.31.